The zero-order chi connectivity index (χ0) is 15.2. The molecular weight excluding hydrogens is 284 g/mol. The Labute approximate surface area is 124 Å². The van der Waals surface area contributed by atoms with Gasteiger partial charge in [0.2, 0.25) is 0 Å². The molecule has 0 aliphatic rings. The van der Waals surface area contributed by atoms with Gasteiger partial charge < -0.3 is 8.85 Å². The van der Waals surface area contributed by atoms with Crippen LogP contribution in [0.1, 0.15) is 13.8 Å². The quantitative estimate of drug-likeness (QED) is 0.516. The summed E-state index contributed by atoms with van der Waals surface area (Å²) in [5.74, 6) is 0. The third-order valence-corrected chi connectivity index (χ3v) is 13.1. The topological polar surface area (TPSA) is 18.5 Å². The van der Waals surface area contributed by atoms with Crippen LogP contribution >= 0.6 is 0 Å². The maximum atomic E-state index is 5.95. The Hall–Kier alpha value is 0.571. The van der Waals surface area contributed by atoms with Crippen molar-refractivity contribution in [2.75, 3.05) is 13.2 Å². The molecule has 2 nitrogen and oxygen atoms in total. The smallest absolute Gasteiger partial charge is 0.186 e. The minimum atomic E-state index is -1.39. The SMILES string of the molecule is CCO[Si](C)(C)CC[Si](C)(C)CC[Si](C)(C)OCC. The van der Waals surface area contributed by atoms with Crippen molar-refractivity contribution in [1.82, 2.24) is 0 Å². The highest BCUT2D eigenvalue weighted by Gasteiger charge is 2.31. The van der Waals surface area contributed by atoms with Gasteiger partial charge in [-0.15, -0.1) is 0 Å². The Morgan fingerprint density at radius 1 is 0.579 bits per heavy atom. The summed E-state index contributed by atoms with van der Waals surface area (Å²) in [6.45, 7) is 20.5. The third kappa shape index (κ3) is 10.0. The van der Waals surface area contributed by atoms with Gasteiger partial charge in [-0.05, 0) is 52.1 Å². The van der Waals surface area contributed by atoms with Gasteiger partial charge in [0.1, 0.15) is 0 Å². The molecule has 0 aromatic heterocycles. The Morgan fingerprint density at radius 2 is 0.895 bits per heavy atom. The van der Waals surface area contributed by atoms with E-state index in [9.17, 15) is 0 Å². The van der Waals surface area contributed by atoms with Crippen LogP contribution in [0.5, 0.6) is 0 Å². The minimum Gasteiger partial charge on any atom is -0.418 e. The van der Waals surface area contributed by atoms with Crippen molar-refractivity contribution in [3.63, 3.8) is 0 Å². The van der Waals surface area contributed by atoms with Crippen LogP contribution in [-0.4, -0.2) is 37.9 Å². The molecule has 0 aromatic rings. The van der Waals surface area contributed by atoms with Gasteiger partial charge in [-0.2, -0.15) is 0 Å². The van der Waals surface area contributed by atoms with E-state index >= 15 is 0 Å². The molecule has 116 valence electrons. The fourth-order valence-corrected chi connectivity index (χ4v) is 14.7. The molecule has 0 bridgehead atoms. The van der Waals surface area contributed by atoms with Gasteiger partial charge in [-0.3, -0.25) is 0 Å². The molecule has 0 heterocycles. The second kappa shape index (κ2) is 8.12. The van der Waals surface area contributed by atoms with Crippen LogP contribution in [-0.2, 0) is 8.85 Å². The van der Waals surface area contributed by atoms with E-state index in [0.29, 0.717) is 0 Å². The Morgan fingerprint density at radius 3 is 1.16 bits per heavy atom. The Balaban J connectivity index is 4.18. The molecule has 0 aromatic carbocycles. The number of hydrogen-bond donors (Lipinski definition) is 0. The van der Waals surface area contributed by atoms with E-state index in [1.165, 1.54) is 24.2 Å². The highest BCUT2D eigenvalue weighted by molar-refractivity contribution is 6.82. The predicted octanol–water partition coefficient (Wildman–Crippen LogP) is 5.18. The van der Waals surface area contributed by atoms with Gasteiger partial charge >= 0.3 is 0 Å². The first-order valence-corrected chi connectivity index (χ1v) is 17.5. The lowest BCUT2D eigenvalue weighted by atomic mass is 10.9. The lowest BCUT2D eigenvalue weighted by Crippen LogP contribution is -2.37. The molecule has 0 fully saturated rings. The van der Waals surface area contributed by atoms with E-state index in [-0.39, 0.29) is 0 Å². The van der Waals surface area contributed by atoms with Crippen LogP contribution in [0.15, 0.2) is 0 Å². The average Bonchev–Trinajstić information content (AvgIpc) is 2.25. The Kier molecular flexibility index (Phi) is 8.36. The highest BCUT2D eigenvalue weighted by Crippen LogP contribution is 2.28. The van der Waals surface area contributed by atoms with Gasteiger partial charge in [0, 0.05) is 21.3 Å². The molecule has 0 saturated carbocycles. The monoisotopic (exact) mass is 320 g/mol. The maximum Gasteiger partial charge on any atom is 0.186 e. The van der Waals surface area contributed by atoms with Crippen LogP contribution < -0.4 is 0 Å². The second-order valence-electron chi connectivity index (χ2n) is 7.55. The van der Waals surface area contributed by atoms with Crippen LogP contribution in [0.25, 0.3) is 0 Å². The van der Waals surface area contributed by atoms with E-state index in [4.69, 9.17) is 8.85 Å². The molecule has 0 spiro atoms. The van der Waals surface area contributed by atoms with Crippen molar-refractivity contribution in [2.45, 2.75) is 77.3 Å². The normalized spacial score (nSPS) is 13.9. The largest absolute Gasteiger partial charge is 0.418 e. The summed E-state index contributed by atoms with van der Waals surface area (Å²) < 4.78 is 11.9. The van der Waals surface area contributed by atoms with Crippen LogP contribution in [0.4, 0.5) is 0 Å². The van der Waals surface area contributed by atoms with E-state index in [0.717, 1.165) is 13.2 Å². The van der Waals surface area contributed by atoms with Crippen molar-refractivity contribution in [3.05, 3.63) is 0 Å². The van der Waals surface area contributed by atoms with Crippen molar-refractivity contribution >= 4 is 24.7 Å². The molecule has 0 saturated heterocycles. The summed E-state index contributed by atoms with van der Waals surface area (Å²) in [5.41, 5.74) is 0. The van der Waals surface area contributed by atoms with E-state index in [2.05, 4.69) is 53.1 Å². The molecule has 0 aliphatic carbocycles. The Bertz CT molecular complexity index is 229. The standard InChI is InChI=1S/C14H36O2Si3/c1-9-15-18(5,6)13-11-17(3,4)12-14-19(7,8)16-10-2/h9-14H2,1-8H3. The van der Waals surface area contributed by atoms with E-state index in [1.807, 2.05) is 0 Å². The second-order valence-corrected chi connectivity index (χ2v) is 21.5. The third-order valence-electron chi connectivity index (χ3n) is 3.88. The van der Waals surface area contributed by atoms with Gasteiger partial charge in [-0.25, -0.2) is 0 Å². The molecule has 0 unspecified atom stereocenters. The highest BCUT2D eigenvalue weighted by atomic mass is 28.4. The summed E-state index contributed by atoms with van der Waals surface area (Å²) >= 11 is 0. The van der Waals surface area contributed by atoms with E-state index < -0.39 is 24.7 Å². The zero-order valence-electron chi connectivity index (χ0n) is 14.6. The van der Waals surface area contributed by atoms with Crippen LogP contribution in [0.3, 0.4) is 0 Å². The van der Waals surface area contributed by atoms with Gasteiger partial charge in [-0.1, -0.05) is 25.2 Å². The average molecular weight is 321 g/mol. The number of rotatable bonds is 10. The van der Waals surface area contributed by atoms with Crippen molar-refractivity contribution in [3.8, 4) is 0 Å². The first-order chi connectivity index (χ1) is 8.54. The zero-order valence-corrected chi connectivity index (χ0v) is 17.6. The van der Waals surface area contributed by atoms with Crippen molar-refractivity contribution in [1.29, 1.82) is 0 Å². The van der Waals surface area contributed by atoms with Crippen LogP contribution in [0, 0.1) is 0 Å². The summed E-state index contributed by atoms with van der Waals surface area (Å²) in [5, 5.41) is 0. The predicted molar refractivity (Wildman–Crippen MR) is 94.9 cm³/mol. The first kappa shape index (κ1) is 19.6. The fraction of sp³-hybridized carbons (Fsp3) is 1.00. The number of hydrogen-bond acceptors (Lipinski definition) is 2. The summed E-state index contributed by atoms with van der Waals surface area (Å²) in [6, 6.07) is 5.50. The van der Waals surface area contributed by atoms with E-state index in [1.54, 1.807) is 0 Å². The summed E-state index contributed by atoms with van der Waals surface area (Å²) in [7, 11) is -3.85. The molecule has 0 N–H and O–H groups in total. The molecule has 5 heteroatoms. The summed E-state index contributed by atoms with van der Waals surface area (Å²) in [4.78, 5) is 0. The van der Waals surface area contributed by atoms with Crippen molar-refractivity contribution < 1.29 is 8.85 Å². The minimum absolute atomic E-state index is 0.880. The first-order valence-electron chi connectivity index (χ1n) is 7.81. The van der Waals surface area contributed by atoms with Crippen molar-refractivity contribution in [2.24, 2.45) is 0 Å². The maximum absolute atomic E-state index is 5.95. The lowest BCUT2D eigenvalue weighted by Gasteiger charge is -2.31. The molecule has 0 rings (SSSR count). The lowest BCUT2D eigenvalue weighted by molar-refractivity contribution is 0.330. The van der Waals surface area contributed by atoms with Gasteiger partial charge in [0.05, 0.1) is 0 Å². The molecule has 0 amide bonds. The van der Waals surface area contributed by atoms with Crippen LogP contribution in [0.2, 0.25) is 63.5 Å². The van der Waals surface area contributed by atoms with Gasteiger partial charge in [0.15, 0.2) is 16.6 Å². The van der Waals surface area contributed by atoms with Gasteiger partial charge in [0.25, 0.3) is 0 Å². The fourth-order valence-electron chi connectivity index (χ4n) is 2.33. The molecular formula is C14H36O2Si3. The summed E-state index contributed by atoms with van der Waals surface area (Å²) in [6.07, 6.45) is 0. The molecule has 19 heavy (non-hydrogen) atoms. The molecule has 0 atom stereocenters. The molecule has 0 aliphatic heterocycles. The molecule has 0 radical (unpaired) electrons.